The standard InChI is InChI=1S/C17H25N3O2S/c1-12-10-13(8-9-18-12)17(22)20(2)11-16(21)19-14-6-4-5-7-15(14)23-3/h4-7,12-13,18H,8-11H2,1-3H3,(H,19,21)/t12-,13-/m0/s1. The molecule has 5 nitrogen and oxygen atoms in total. The first-order valence-electron chi connectivity index (χ1n) is 7.92. The van der Waals surface area contributed by atoms with Crippen molar-refractivity contribution in [2.24, 2.45) is 5.92 Å². The minimum absolute atomic E-state index is 0.0162. The fraction of sp³-hybridized carbons (Fsp3) is 0.529. The quantitative estimate of drug-likeness (QED) is 0.810. The van der Waals surface area contributed by atoms with Crippen molar-refractivity contribution in [3.63, 3.8) is 0 Å². The number of carbonyl (C=O) groups excluding carboxylic acids is 2. The molecule has 0 radical (unpaired) electrons. The third kappa shape index (κ3) is 4.97. The van der Waals surface area contributed by atoms with Crippen molar-refractivity contribution < 1.29 is 9.59 Å². The summed E-state index contributed by atoms with van der Waals surface area (Å²) in [5.74, 6) is -0.0847. The van der Waals surface area contributed by atoms with Crippen LogP contribution in [0.2, 0.25) is 0 Å². The van der Waals surface area contributed by atoms with Crippen LogP contribution in [0.4, 0.5) is 5.69 Å². The Morgan fingerprint density at radius 3 is 2.83 bits per heavy atom. The van der Waals surface area contributed by atoms with Crippen LogP contribution in [0.15, 0.2) is 29.2 Å². The zero-order chi connectivity index (χ0) is 16.8. The Bertz CT molecular complexity index is 565. The van der Waals surface area contributed by atoms with Gasteiger partial charge in [0.2, 0.25) is 11.8 Å². The van der Waals surface area contributed by atoms with Crippen LogP contribution >= 0.6 is 11.8 Å². The molecule has 2 rings (SSSR count). The van der Waals surface area contributed by atoms with Crippen LogP contribution < -0.4 is 10.6 Å². The summed E-state index contributed by atoms with van der Waals surface area (Å²) >= 11 is 1.58. The van der Waals surface area contributed by atoms with Crippen LogP contribution in [0.1, 0.15) is 19.8 Å². The summed E-state index contributed by atoms with van der Waals surface area (Å²) in [4.78, 5) is 27.2. The summed E-state index contributed by atoms with van der Waals surface area (Å²) in [7, 11) is 1.70. The Morgan fingerprint density at radius 2 is 2.13 bits per heavy atom. The van der Waals surface area contributed by atoms with Gasteiger partial charge in [0.05, 0.1) is 12.2 Å². The van der Waals surface area contributed by atoms with Gasteiger partial charge in [-0.15, -0.1) is 11.8 Å². The summed E-state index contributed by atoms with van der Waals surface area (Å²) in [6.45, 7) is 3.03. The number of anilines is 1. The van der Waals surface area contributed by atoms with Crippen molar-refractivity contribution in [2.45, 2.75) is 30.7 Å². The molecular weight excluding hydrogens is 310 g/mol. The number of nitrogens with one attached hydrogen (secondary N) is 2. The molecule has 1 fully saturated rings. The molecule has 1 saturated heterocycles. The lowest BCUT2D eigenvalue weighted by molar-refractivity contribution is -0.137. The molecule has 0 unspecified atom stereocenters. The fourth-order valence-electron chi connectivity index (χ4n) is 2.90. The monoisotopic (exact) mass is 335 g/mol. The SMILES string of the molecule is CSc1ccccc1NC(=O)CN(C)C(=O)[C@H]1CCN[C@@H](C)C1. The van der Waals surface area contributed by atoms with E-state index in [1.54, 1.807) is 23.7 Å². The first-order valence-corrected chi connectivity index (χ1v) is 9.15. The van der Waals surface area contributed by atoms with E-state index in [1.807, 2.05) is 30.5 Å². The molecule has 0 aromatic heterocycles. The number of nitrogens with zero attached hydrogens (tertiary/aromatic N) is 1. The molecule has 126 valence electrons. The van der Waals surface area contributed by atoms with Crippen molar-refractivity contribution in [3.05, 3.63) is 24.3 Å². The normalized spacial score (nSPS) is 20.8. The van der Waals surface area contributed by atoms with Gasteiger partial charge in [0, 0.05) is 23.9 Å². The van der Waals surface area contributed by atoms with E-state index in [4.69, 9.17) is 0 Å². The topological polar surface area (TPSA) is 61.4 Å². The van der Waals surface area contributed by atoms with Crippen molar-refractivity contribution in [1.82, 2.24) is 10.2 Å². The maximum absolute atomic E-state index is 12.5. The molecule has 0 aliphatic carbocycles. The summed E-state index contributed by atoms with van der Waals surface area (Å²) < 4.78 is 0. The highest BCUT2D eigenvalue weighted by Crippen LogP contribution is 2.24. The number of hydrogen-bond acceptors (Lipinski definition) is 4. The molecule has 6 heteroatoms. The predicted octanol–water partition coefficient (Wildman–Crippen LogP) is 2.19. The number of hydrogen-bond donors (Lipinski definition) is 2. The number of rotatable bonds is 5. The van der Waals surface area contributed by atoms with E-state index in [0.717, 1.165) is 30.0 Å². The van der Waals surface area contributed by atoms with Crippen LogP contribution in [0.5, 0.6) is 0 Å². The number of amides is 2. The number of carbonyl (C=O) groups is 2. The van der Waals surface area contributed by atoms with E-state index in [-0.39, 0.29) is 24.3 Å². The van der Waals surface area contributed by atoms with Gasteiger partial charge in [0.25, 0.3) is 0 Å². The van der Waals surface area contributed by atoms with Gasteiger partial charge in [-0.2, -0.15) is 0 Å². The molecule has 1 aromatic carbocycles. The average molecular weight is 335 g/mol. The zero-order valence-electron chi connectivity index (χ0n) is 14.0. The number of benzene rings is 1. The third-order valence-corrected chi connectivity index (χ3v) is 4.91. The van der Waals surface area contributed by atoms with E-state index < -0.39 is 0 Å². The molecule has 1 heterocycles. The van der Waals surface area contributed by atoms with Gasteiger partial charge in [-0.3, -0.25) is 9.59 Å². The third-order valence-electron chi connectivity index (χ3n) is 4.11. The minimum Gasteiger partial charge on any atom is -0.336 e. The Balaban J connectivity index is 1.90. The molecule has 0 spiro atoms. The molecule has 2 amide bonds. The maximum Gasteiger partial charge on any atom is 0.244 e. The second-order valence-electron chi connectivity index (χ2n) is 6.02. The van der Waals surface area contributed by atoms with Gasteiger partial charge in [-0.25, -0.2) is 0 Å². The molecule has 1 aromatic rings. The predicted molar refractivity (Wildman–Crippen MR) is 94.7 cm³/mol. The molecule has 2 atom stereocenters. The number of piperidine rings is 1. The molecule has 1 aliphatic rings. The van der Waals surface area contributed by atoms with Gasteiger partial charge < -0.3 is 15.5 Å². The second-order valence-corrected chi connectivity index (χ2v) is 6.87. The smallest absolute Gasteiger partial charge is 0.244 e. The first kappa shape index (κ1) is 17.8. The molecule has 2 N–H and O–H groups in total. The molecule has 23 heavy (non-hydrogen) atoms. The second kappa shape index (κ2) is 8.36. The fourth-order valence-corrected chi connectivity index (χ4v) is 3.45. The Kier molecular flexibility index (Phi) is 6.47. The largest absolute Gasteiger partial charge is 0.336 e. The Labute approximate surface area is 142 Å². The summed E-state index contributed by atoms with van der Waals surface area (Å²) in [6.07, 6.45) is 3.64. The first-order chi connectivity index (χ1) is 11.0. The molecule has 0 bridgehead atoms. The maximum atomic E-state index is 12.5. The van der Waals surface area contributed by atoms with Crippen LogP contribution in [-0.2, 0) is 9.59 Å². The Hall–Kier alpha value is -1.53. The van der Waals surface area contributed by atoms with Crippen LogP contribution in [0.3, 0.4) is 0 Å². The molecule has 0 saturated carbocycles. The van der Waals surface area contributed by atoms with Crippen molar-refractivity contribution in [1.29, 1.82) is 0 Å². The van der Waals surface area contributed by atoms with E-state index >= 15 is 0 Å². The van der Waals surface area contributed by atoms with Crippen molar-refractivity contribution >= 4 is 29.3 Å². The lowest BCUT2D eigenvalue weighted by atomic mass is 9.92. The van der Waals surface area contributed by atoms with E-state index in [2.05, 4.69) is 17.6 Å². The minimum atomic E-state index is -0.163. The Morgan fingerprint density at radius 1 is 1.39 bits per heavy atom. The highest BCUT2D eigenvalue weighted by molar-refractivity contribution is 7.98. The summed E-state index contributed by atoms with van der Waals surface area (Å²) in [6, 6.07) is 8.02. The number of thioether (sulfide) groups is 1. The van der Waals surface area contributed by atoms with Gasteiger partial charge in [0.15, 0.2) is 0 Å². The van der Waals surface area contributed by atoms with Gasteiger partial charge in [-0.1, -0.05) is 12.1 Å². The van der Waals surface area contributed by atoms with Gasteiger partial charge >= 0.3 is 0 Å². The van der Waals surface area contributed by atoms with Crippen LogP contribution in [-0.4, -0.2) is 49.1 Å². The van der Waals surface area contributed by atoms with Gasteiger partial charge in [-0.05, 0) is 44.7 Å². The average Bonchev–Trinajstić information content (AvgIpc) is 2.54. The molecular formula is C17H25N3O2S. The van der Waals surface area contributed by atoms with E-state index in [1.165, 1.54) is 0 Å². The van der Waals surface area contributed by atoms with Crippen LogP contribution in [0, 0.1) is 5.92 Å². The summed E-state index contributed by atoms with van der Waals surface area (Å²) in [5.41, 5.74) is 0.793. The zero-order valence-corrected chi connectivity index (χ0v) is 14.8. The van der Waals surface area contributed by atoms with E-state index in [9.17, 15) is 9.59 Å². The number of para-hydroxylation sites is 1. The highest BCUT2D eigenvalue weighted by atomic mass is 32.2. The van der Waals surface area contributed by atoms with E-state index in [0.29, 0.717) is 6.04 Å². The lowest BCUT2D eigenvalue weighted by Crippen LogP contribution is -2.44. The molecule has 1 aliphatic heterocycles. The lowest BCUT2D eigenvalue weighted by Gasteiger charge is -2.30. The highest BCUT2D eigenvalue weighted by Gasteiger charge is 2.27. The van der Waals surface area contributed by atoms with Gasteiger partial charge in [0.1, 0.15) is 0 Å². The van der Waals surface area contributed by atoms with Crippen molar-refractivity contribution in [3.8, 4) is 0 Å². The van der Waals surface area contributed by atoms with Crippen molar-refractivity contribution in [2.75, 3.05) is 31.7 Å². The van der Waals surface area contributed by atoms with Crippen LogP contribution in [0.25, 0.3) is 0 Å². The summed E-state index contributed by atoms with van der Waals surface area (Å²) in [5, 5.41) is 6.23. The number of likely N-dealkylation sites (N-methyl/N-ethyl adjacent to an activating group) is 1.